The van der Waals surface area contributed by atoms with Crippen molar-refractivity contribution >= 4 is 0 Å². The Balaban J connectivity index is 2.09. The fourth-order valence-electron chi connectivity index (χ4n) is 2.58. The van der Waals surface area contributed by atoms with E-state index in [1.165, 1.54) is 16.8 Å². The molecule has 1 unspecified atom stereocenters. The summed E-state index contributed by atoms with van der Waals surface area (Å²) in [5, 5.41) is 14.1. The zero-order valence-electron chi connectivity index (χ0n) is 12.6. The SMILES string of the molecule is CCc1cc(CC(CO)Cc2ccccc2C)n(C)n1. The highest BCUT2D eigenvalue weighted by Gasteiger charge is 2.14. The Kier molecular flexibility index (Phi) is 4.96. The van der Waals surface area contributed by atoms with Gasteiger partial charge < -0.3 is 5.11 Å². The quantitative estimate of drug-likeness (QED) is 0.878. The van der Waals surface area contributed by atoms with Crippen molar-refractivity contribution in [2.24, 2.45) is 13.0 Å². The first-order chi connectivity index (χ1) is 9.63. The second kappa shape index (κ2) is 6.71. The molecule has 1 aromatic heterocycles. The van der Waals surface area contributed by atoms with Gasteiger partial charge in [0.05, 0.1) is 5.69 Å². The van der Waals surface area contributed by atoms with Crippen molar-refractivity contribution in [3.63, 3.8) is 0 Å². The molecule has 108 valence electrons. The molecule has 1 heterocycles. The first-order valence-corrected chi connectivity index (χ1v) is 7.31. The minimum Gasteiger partial charge on any atom is -0.396 e. The van der Waals surface area contributed by atoms with E-state index in [1.807, 2.05) is 11.7 Å². The standard InChI is InChI=1S/C17H24N2O/c1-4-16-11-17(19(3)18-16)10-14(12-20)9-15-8-6-5-7-13(15)2/h5-8,11,14,20H,4,9-10,12H2,1-3H3. The third-order valence-corrected chi connectivity index (χ3v) is 3.92. The smallest absolute Gasteiger partial charge is 0.0624 e. The molecular formula is C17H24N2O. The number of aliphatic hydroxyl groups is 1. The molecule has 0 bridgehead atoms. The van der Waals surface area contributed by atoms with Crippen LogP contribution in [0, 0.1) is 12.8 Å². The second-order valence-electron chi connectivity index (χ2n) is 5.49. The number of aromatic nitrogens is 2. The molecule has 2 aromatic rings. The van der Waals surface area contributed by atoms with Crippen LogP contribution in [0.25, 0.3) is 0 Å². The van der Waals surface area contributed by atoms with Gasteiger partial charge in [0.15, 0.2) is 0 Å². The summed E-state index contributed by atoms with van der Waals surface area (Å²) in [7, 11) is 1.98. The molecule has 0 aliphatic rings. The van der Waals surface area contributed by atoms with Gasteiger partial charge in [-0.1, -0.05) is 31.2 Å². The minimum atomic E-state index is 0.209. The molecule has 0 radical (unpaired) electrons. The van der Waals surface area contributed by atoms with Crippen molar-refractivity contribution in [2.75, 3.05) is 6.61 Å². The Bertz CT molecular complexity index is 560. The van der Waals surface area contributed by atoms with Crippen LogP contribution < -0.4 is 0 Å². The number of benzene rings is 1. The molecule has 1 aromatic carbocycles. The molecular weight excluding hydrogens is 248 g/mol. The summed E-state index contributed by atoms with van der Waals surface area (Å²) in [5.41, 5.74) is 4.94. The molecule has 20 heavy (non-hydrogen) atoms. The number of rotatable bonds is 6. The Labute approximate surface area is 121 Å². The fourth-order valence-corrected chi connectivity index (χ4v) is 2.58. The molecule has 2 rings (SSSR count). The van der Waals surface area contributed by atoms with E-state index in [4.69, 9.17) is 0 Å². The van der Waals surface area contributed by atoms with Crippen LogP contribution in [0.1, 0.15) is 29.4 Å². The molecule has 0 aliphatic carbocycles. The van der Waals surface area contributed by atoms with E-state index in [0.29, 0.717) is 0 Å². The molecule has 0 spiro atoms. The van der Waals surface area contributed by atoms with Gasteiger partial charge in [-0.2, -0.15) is 5.10 Å². The first kappa shape index (κ1) is 14.8. The van der Waals surface area contributed by atoms with Crippen LogP contribution in [-0.2, 0) is 26.3 Å². The highest BCUT2D eigenvalue weighted by atomic mass is 16.3. The molecule has 0 aliphatic heterocycles. The zero-order valence-corrected chi connectivity index (χ0v) is 12.6. The maximum Gasteiger partial charge on any atom is 0.0624 e. The Morgan fingerprint density at radius 1 is 1.25 bits per heavy atom. The zero-order chi connectivity index (χ0) is 14.5. The number of aryl methyl sites for hydroxylation is 3. The predicted molar refractivity (Wildman–Crippen MR) is 81.7 cm³/mol. The predicted octanol–water partition coefficient (Wildman–Crippen LogP) is 2.68. The fraction of sp³-hybridized carbons (Fsp3) is 0.471. The minimum absolute atomic E-state index is 0.209. The Morgan fingerprint density at radius 2 is 2.00 bits per heavy atom. The van der Waals surface area contributed by atoms with E-state index in [2.05, 4.69) is 49.3 Å². The van der Waals surface area contributed by atoms with Crippen LogP contribution in [0.2, 0.25) is 0 Å². The van der Waals surface area contributed by atoms with Crippen molar-refractivity contribution in [2.45, 2.75) is 33.1 Å². The van der Waals surface area contributed by atoms with Gasteiger partial charge >= 0.3 is 0 Å². The van der Waals surface area contributed by atoms with Gasteiger partial charge in [-0.05, 0) is 49.3 Å². The van der Waals surface area contributed by atoms with Crippen molar-refractivity contribution in [3.8, 4) is 0 Å². The maximum atomic E-state index is 9.66. The van der Waals surface area contributed by atoms with E-state index < -0.39 is 0 Å². The Morgan fingerprint density at radius 3 is 2.60 bits per heavy atom. The van der Waals surface area contributed by atoms with Gasteiger partial charge in [-0.3, -0.25) is 4.68 Å². The van der Waals surface area contributed by atoms with Crippen LogP contribution >= 0.6 is 0 Å². The lowest BCUT2D eigenvalue weighted by Crippen LogP contribution is -2.15. The lowest BCUT2D eigenvalue weighted by atomic mass is 9.93. The van der Waals surface area contributed by atoms with Crippen LogP contribution in [0.3, 0.4) is 0 Å². The summed E-state index contributed by atoms with van der Waals surface area (Å²) in [5.74, 6) is 0.246. The molecule has 0 saturated carbocycles. The lowest BCUT2D eigenvalue weighted by molar-refractivity contribution is 0.223. The Hall–Kier alpha value is -1.61. The van der Waals surface area contributed by atoms with Gasteiger partial charge in [0.2, 0.25) is 0 Å². The average Bonchev–Trinajstić information content (AvgIpc) is 2.81. The van der Waals surface area contributed by atoms with Gasteiger partial charge in [0.25, 0.3) is 0 Å². The monoisotopic (exact) mass is 272 g/mol. The largest absolute Gasteiger partial charge is 0.396 e. The molecule has 3 nitrogen and oxygen atoms in total. The van der Waals surface area contributed by atoms with E-state index in [9.17, 15) is 5.11 Å². The van der Waals surface area contributed by atoms with E-state index in [1.54, 1.807) is 0 Å². The second-order valence-corrected chi connectivity index (χ2v) is 5.49. The van der Waals surface area contributed by atoms with Gasteiger partial charge in [-0.15, -0.1) is 0 Å². The first-order valence-electron chi connectivity index (χ1n) is 7.31. The van der Waals surface area contributed by atoms with Gasteiger partial charge in [-0.25, -0.2) is 0 Å². The lowest BCUT2D eigenvalue weighted by Gasteiger charge is -2.15. The number of hydrogen-bond acceptors (Lipinski definition) is 2. The van der Waals surface area contributed by atoms with Crippen molar-refractivity contribution in [1.29, 1.82) is 0 Å². The third-order valence-electron chi connectivity index (χ3n) is 3.92. The molecule has 1 atom stereocenters. The van der Waals surface area contributed by atoms with Crippen molar-refractivity contribution < 1.29 is 5.11 Å². The summed E-state index contributed by atoms with van der Waals surface area (Å²) < 4.78 is 1.94. The third kappa shape index (κ3) is 3.48. The molecule has 0 saturated heterocycles. The topological polar surface area (TPSA) is 38.0 Å². The van der Waals surface area contributed by atoms with Crippen LogP contribution in [0.4, 0.5) is 0 Å². The van der Waals surface area contributed by atoms with Gasteiger partial charge in [0, 0.05) is 19.3 Å². The highest BCUT2D eigenvalue weighted by Crippen LogP contribution is 2.17. The number of nitrogens with zero attached hydrogens (tertiary/aromatic N) is 2. The van der Waals surface area contributed by atoms with Crippen LogP contribution in [0.5, 0.6) is 0 Å². The van der Waals surface area contributed by atoms with Crippen molar-refractivity contribution in [3.05, 3.63) is 52.8 Å². The van der Waals surface area contributed by atoms with Crippen LogP contribution in [-0.4, -0.2) is 21.5 Å². The van der Waals surface area contributed by atoms with E-state index in [0.717, 1.165) is 25.0 Å². The molecule has 3 heteroatoms. The maximum absolute atomic E-state index is 9.66. The highest BCUT2D eigenvalue weighted by molar-refractivity contribution is 5.26. The molecule has 0 amide bonds. The van der Waals surface area contributed by atoms with E-state index >= 15 is 0 Å². The van der Waals surface area contributed by atoms with E-state index in [-0.39, 0.29) is 12.5 Å². The summed E-state index contributed by atoms with van der Waals surface area (Å²) in [6.07, 6.45) is 2.74. The summed E-state index contributed by atoms with van der Waals surface area (Å²) in [4.78, 5) is 0. The summed E-state index contributed by atoms with van der Waals surface area (Å²) >= 11 is 0. The average molecular weight is 272 g/mol. The van der Waals surface area contributed by atoms with Crippen LogP contribution in [0.15, 0.2) is 30.3 Å². The summed E-state index contributed by atoms with van der Waals surface area (Å²) in [6, 6.07) is 10.6. The summed E-state index contributed by atoms with van der Waals surface area (Å²) in [6.45, 7) is 4.45. The van der Waals surface area contributed by atoms with Crippen molar-refractivity contribution in [1.82, 2.24) is 9.78 Å². The van der Waals surface area contributed by atoms with Gasteiger partial charge in [0.1, 0.15) is 0 Å². The number of hydrogen-bond donors (Lipinski definition) is 1. The number of aliphatic hydroxyl groups excluding tert-OH is 1. The molecule has 1 N–H and O–H groups in total. The normalized spacial score (nSPS) is 12.6. The molecule has 0 fully saturated rings.